The largest absolute Gasteiger partial charge is 0.351 e. The average molecular weight is 581 g/mol. The van der Waals surface area contributed by atoms with Crippen molar-refractivity contribution in [2.24, 2.45) is 5.92 Å². The topological polar surface area (TPSA) is 135 Å². The molecule has 4 heterocycles. The minimum Gasteiger partial charge on any atom is -0.351 e. The number of fused-ring (bicyclic) bond motifs is 1. The van der Waals surface area contributed by atoms with E-state index < -0.39 is 6.04 Å². The molecule has 1 saturated heterocycles. The first-order chi connectivity index (χ1) is 20.6. The molecule has 0 aliphatic carbocycles. The van der Waals surface area contributed by atoms with Crippen LogP contribution in [0.3, 0.4) is 0 Å². The predicted octanol–water partition coefficient (Wildman–Crippen LogP) is 3.99. The molecule has 11 nitrogen and oxygen atoms in total. The van der Waals surface area contributed by atoms with Gasteiger partial charge in [0.15, 0.2) is 5.69 Å². The van der Waals surface area contributed by atoms with E-state index in [-0.39, 0.29) is 41.9 Å². The number of pyridine rings is 1. The lowest BCUT2D eigenvalue weighted by Crippen LogP contribution is -2.48. The van der Waals surface area contributed by atoms with E-state index in [0.29, 0.717) is 35.5 Å². The van der Waals surface area contributed by atoms with Crippen molar-refractivity contribution in [1.29, 1.82) is 0 Å². The Morgan fingerprint density at radius 1 is 1.07 bits per heavy atom. The summed E-state index contributed by atoms with van der Waals surface area (Å²) >= 11 is 0. The Morgan fingerprint density at radius 3 is 2.51 bits per heavy atom. The molecule has 0 saturated carbocycles. The number of likely N-dealkylation sites (tertiary alicyclic amines) is 1. The lowest BCUT2D eigenvalue weighted by atomic mass is 10.0. The van der Waals surface area contributed by atoms with Gasteiger partial charge in [-0.3, -0.25) is 19.1 Å². The van der Waals surface area contributed by atoms with Gasteiger partial charge in [-0.15, -0.1) is 6.58 Å². The highest BCUT2D eigenvalue weighted by atomic mass is 16.2. The van der Waals surface area contributed by atoms with Crippen LogP contribution in [0.2, 0.25) is 0 Å². The second kappa shape index (κ2) is 12.1. The molecule has 2 N–H and O–H groups in total. The van der Waals surface area contributed by atoms with Crippen LogP contribution in [0, 0.1) is 26.7 Å². The third kappa shape index (κ3) is 5.88. The number of anilines is 1. The summed E-state index contributed by atoms with van der Waals surface area (Å²) in [6.45, 7) is 13.6. The zero-order valence-electron chi connectivity index (χ0n) is 25.1. The molecular weight excluding hydrogens is 544 g/mol. The highest BCUT2D eigenvalue weighted by Crippen LogP contribution is 2.33. The Kier molecular flexibility index (Phi) is 8.33. The second-order valence-corrected chi connectivity index (χ2v) is 11.0. The molecule has 222 valence electrons. The molecule has 0 spiro atoms. The van der Waals surface area contributed by atoms with Crippen molar-refractivity contribution >= 4 is 34.4 Å². The second-order valence-electron chi connectivity index (χ2n) is 11.0. The van der Waals surface area contributed by atoms with Gasteiger partial charge in [-0.05, 0) is 69.4 Å². The fraction of sp³-hybridized carbons (Fsp3) is 0.344. The van der Waals surface area contributed by atoms with Gasteiger partial charge in [-0.25, -0.2) is 15.0 Å². The van der Waals surface area contributed by atoms with Gasteiger partial charge in [0.25, 0.3) is 5.91 Å². The summed E-state index contributed by atoms with van der Waals surface area (Å²) in [5, 5.41) is 10.9. The van der Waals surface area contributed by atoms with Gasteiger partial charge in [0.1, 0.15) is 24.2 Å². The van der Waals surface area contributed by atoms with Crippen LogP contribution in [0.25, 0.3) is 22.0 Å². The maximum Gasteiger partial charge on any atom is 0.272 e. The molecule has 3 aromatic heterocycles. The first-order valence-electron chi connectivity index (χ1n) is 14.4. The van der Waals surface area contributed by atoms with Crippen LogP contribution in [0.1, 0.15) is 47.8 Å². The van der Waals surface area contributed by atoms with Gasteiger partial charge in [-0.2, -0.15) is 5.10 Å². The number of hydrogen-bond donors (Lipinski definition) is 2. The van der Waals surface area contributed by atoms with Gasteiger partial charge in [0.2, 0.25) is 11.8 Å². The first-order valence-corrected chi connectivity index (χ1v) is 14.4. The van der Waals surface area contributed by atoms with E-state index in [9.17, 15) is 14.4 Å². The number of carbonyl (C=O) groups excluding carboxylic acids is 3. The molecule has 3 atom stereocenters. The molecule has 0 unspecified atom stereocenters. The Balaban J connectivity index is 1.48. The summed E-state index contributed by atoms with van der Waals surface area (Å²) in [7, 11) is 0. The van der Waals surface area contributed by atoms with E-state index in [0.717, 1.165) is 22.4 Å². The van der Waals surface area contributed by atoms with Crippen LogP contribution in [-0.2, 0) is 16.1 Å². The van der Waals surface area contributed by atoms with E-state index in [2.05, 4.69) is 37.3 Å². The summed E-state index contributed by atoms with van der Waals surface area (Å²) in [5.74, 6) is 0.212. The van der Waals surface area contributed by atoms with Gasteiger partial charge in [0, 0.05) is 35.6 Å². The Labute approximate surface area is 250 Å². The molecule has 1 aliphatic heterocycles. The Hall–Kier alpha value is -4.93. The van der Waals surface area contributed by atoms with Crippen molar-refractivity contribution < 1.29 is 14.4 Å². The number of carbonyl (C=O) groups is 3. The summed E-state index contributed by atoms with van der Waals surface area (Å²) in [4.78, 5) is 55.2. The van der Waals surface area contributed by atoms with Gasteiger partial charge >= 0.3 is 0 Å². The number of nitrogens with zero attached hydrogens (tertiary/aromatic N) is 6. The summed E-state index contributed by atoms with van der Waals surface area (Å²) in [6.07, 6.45) is 5.65. The molecule has 5 rings (SSSR count). The van der Waals surface area contributed by atoms with E-state index >= 15 is 0 Å². The smallest absolute Gasteiger partial charge is 0.272 e. The van der Waals surface area contributed by atoms with E-state index in [1.165, 1.54) is 4.68 Å². The number of nitrogens with one attached hydrogen (secondary N) is 2. The fourth-order valence-corrected chi connectivity index (χ4v) is 5.60. The van der Waals surface area contributed by atoms with Crippen LogP contribution >= 0.6 is 0 Å². The highest BCUT2D eigenvalue weighted by molar-refractivity contribution is 6.06. The maximum absolute atomic E-state index is 14.0. The minimum absolute atomic E-state index is 0.0170. The molecule has 1 aromatic carbocycles. The lowest BCUT2D eigenvalue weighted by Gasteiger charge is -2.29. The maximum atomic E-state index is 14.0. The number of hydrogen-bond acceptors (Lipinski definition) is 7. The fourth-order valence-electron chi connectivity index (χ4n) is 5.60. The summed E-state index contributed by atoms with van der Waals surface area (Å²) in [6, 6.07) is 8.31. The van der Waals surface area contributed by atoms with Crippen LogP contribution in [0.5, 0.6) is 0 Å². The molecular formula is C32H36N8O3. The zero-order chi connectivity index (χ0) is 30.8. The SMILES string of the molecule is C=C[C@@H]1[C@@H](C)C[C@@H](C(=O)Nc2nc(C)ccc2C)N1C(=O)Cn1nc(C(=O)NCC)c2cc(-c3cnc(C)nc3)ccc21. The van der Waals surface area contributed by atoms with Crippen molar-refractivity contribution in [3.05, 3.63) is 78.2 Å². The third-order valence-corrected chi connectivity index (χ3v) is 7.85. The number of aromatic nitrogens is 5. The van der Waals surface area contributed by atoms with Crippen LogP contribution in [0.15, 0.2) is 55.4 Å². The van der Waals surface area contributed by atoms with Crippen LogP contribution in [0.4, 0.5) is 5.82 Å². The average Bonchev–Trinajstić information content (AvgIpc) is 3.52. The number of amides is 3. The minimum atomic E-state index is -0.718. The third-order valence-electron chi connectivity index (χ3n) is 7.85. The van der Waals surface area contributed by atoms with Crippen molar-refractivity contribution in [3.8, 4) is 11.1 Å². The molecule has 0 bridgehead atoms. The molecule has 43 heavy (non-hydrogen) atoms. The molecule has 11 heteroatoms. The Morgan fingerprint density at radius 2 is 1.81 bits per heavy atom. The molecule has 0 radical (unpaired) electrons. The monoisotopic (exact) mass is 580 g/mol. The quantitative estimate of drug-likeness (QED) is 0.301. The molecule has 3 amide bonds. The molecule has 4 aromatic rings. The molecule has 1 fully saturated rings. The van der Waals surface area contributed by atoms with Crippen molar-refractivity contribution in [3.63, 3.8) is 0 Å². The highest BCUT2D eigenvalue weighted by Gasteiger charge is 2.44. The first kappa shape index (κ1) is 29.6. The number of benzene rings is 1. The van der Waals surface area contributed by atoms with E-state index in [1.807, 2.05) is 65.0 Å². The van der Waals surface area contributed by atoms with Crippen LogP contribution in [-0.4, -0.2) is 66.0 Å². The van der Waals surface area contributed by atoms with Gasteiger partial charge in [-0.1, -0.05) is 25.1 Å². The summed E-state index contributed by atoms with van der Waals surface area (Å²) < 4.78 is 1.53. The molecule has 1 aliphatic rings. The lowest BCUT2D eigenvalue weighted by molar-refractivity contribution is -0.138. The van der Waals surface area contributed by atoms with Crippen molar-refractivity contribution in [2.75, 3.05) is 11.9 Å². The van der Waals surface area contributed by atoms with Crippen molar-refractivity contribution in [1.82, 2.24) is 34.9 Å². The number of rotatable bonds is 8. The van der Waals surface area contributed by atoms with E-state index in [4.69, 9.17) is 0 Å². The van der Waals surface area contributed by atoms with Crippen LogP contribution < -0.4 is 10.6 Å². The normalized spacial score (nSPS) is 18.1. The summed E-state index contributed by atoms with van der Waals surface area (Å²) in [5.41, 5.74) is 4.06. The Bertz CT molecular complexity index is 1710. The van der Waals surface area contributed by atoms with Gasteiger partial charge < -0.3 is 15.5 Å². The number of aryl methyl sites for hydroxylation is 3. The standard InChI is InChI=1S/C32H36N8O3/c1-7-25-19(4)13-27(31(42)37-30-18(3)9-10-20(5)36-30)40(25)28(41)17-39-26-12-11-22(23-15-34-21(6)35-16-23)14-24(26)29(38-39)32(43)33-8-2/h7,9-12,14-16,19,25,27H,1,8,13,17H2,2-6H3,(H,33,43)(H,36,37,42)/t19-,25+,27-/m0/s1. The zero-order valence-corrected chi connectivity index (χ0v) is 25.1. The van der Waals surface area contributed by atoms with Crippen molar-refractivity contribution in [2.45, 2.75) is 59.7 Å². The van der Waals surface area contributed by atoms with E-state index in [1.54, 1.807) is 23.4 Å². The predicted molar refractivity (Wildman–Crippen MR) is 164 cm³/mol. The van der Waals surface area contributed by atoms with Gasteiger partial charge in [0.05, 0.1) is 11.6 Å².